The smallest absolute Gasteiger partial charge is 0.273 e. The number of carbonyl (C=O) groups is 2. The van der Waals surface area contributed by atoms with Gasteiger partial charge in [-0.2, -0.15) is 16.9 Å². The molecule has 0 atom stereocenters. The van der Waals surface area contributed by atoms with Gasteiger partial charge in [0.1, 0.15) is 5.75 Å². The molecule has 0 saturated carbocycles. The minimum absolute atomic E-state index is 0.118. The van der Waals surface area contributed by atoms with Gasteiger partial charge in [-0.3, -0.25) is 9.59 Å². The molecule has 39 heavy (non-hydrogen) atoms. The van der Waals surface area contributed by atoms with Crippen molar-refractivity contribution in [1.82, 2.24) is 5.43 Å². The molecule has 9 heteroatoms. The number of methoxy groups -OCH3 is 1. The number of hydrazone groups is 1. The number of aliphatic hydroxyl groups is 1. The molecule has 0 aromatic heterocycles. The van der Waals surface area contributed by atoms with E-state index in [1.54, 1.807) is 37.2 Å². The highest BCUT2D eigenvalue weighted by Gasteiger charge is 2.18. The van der Waals surface area contributed by atoms with Crippen LogP contribution in [-0.4, -0.2) is 55.7 Å². The summed E-state index contributed by atoms with van der Waals surface area (Å²) in [7, 11) is 1.60. The largest absolute Gasteiger partial charge is 0.497 e. The SMILES string of the molecule is COc1ccc(/C=N/NC(=O)c2cc(N3CCCCC3)ccc2NC(=O)c2cccc(CSCCO)c2)cc1. The minimum atomic E-state index is -0.414. The highest BCUT2D eigenvalue weighted by molar-refractivity contribution is 7.98. The number of amides is 2. The van der Waals surface area contributed by atoms with Crippen molar-refractivity contribution in [2.75, 3.05) is 42.8 Å². The van der Waals surface area contributed by atoms with E-state index in [0.717, 1.165) is 48.5 Å². The number of aliphatic hydroxyl groups excluding tert-OH is 1. The Labute approximate surface area is 233 Å². The van der Waals surface area contributed by atoms with Crippen LogP contribution in [0.25, 0.3) is 0 Å². The normalized spacial score (nSPS) is 13.3. The predicted molar refractivity (Wildman–Crippen MR) is 158 cm³/mol. The van der Waals surface area contributed by atoms with Crippen molar-refractivity contribution in [3.63, 3.8) is 0 Å². The van der Waals surface area contributed by atoms with Gasteiger partial charge in [0, 0.05) is 35.8 Å². The minimum Gasteiger partial charge on any atom is -0.497 e. The van der Waals surface area contributed by atoms with Gasteiger partial charge in [0.25, 0.3) is 11.8 Å². The first-order valence-electron chi connectivity index (χ1n) is 13.0. The molecule has 4 rings (SSSR count). The number of carbonyl (C=O) groups excluding carboxylic acids is 2. The summed E-state index contributed by atoms with van der Waals surface area (Å²) < 4.78 is 5.17. The number of nitrogens with zero attached hydrogens (tertiary/aromatic N) is 2. The monoisotopic (exact) mass is 546 g/mol. The van der Waals surface area contributed by atoms with Crippen LogP contribution in [-0.2, 0) is 5.75 Å². The Morgan fingerprint density at radius 2 is 1.82 bits per heavy atom. The highest BCUT2D eigenvalue weighted by atomic mass is 32.2. The Kier molecular flexibility index (Phi) is 10.4. The van der Waals surface area contributed by atoms with E-state index in [1.165, 1.54) is 6.42 Å². The summed E-state index contributed by atoms with van der Waals surface area (Å²) in [5, 5.41) is 16.1. The van der Waals surface area contributed by atoms with Gasteiger partial charge in [-0.1, -0.05) is 12.1 Å². The summed E-state index contributed by atoms with van der Waals surface area (Å²) in [5.41, 5.74) is 6.61. The molecular formula is C30H34N4O4S. The fourth-order valence-corrected chi connectivity index (χ4v) is 5.03. The molecular weight excluding hydrogens is 512 g/mol. The number of rotatable bonds is 11. The zero-order valence-corrected chi connectivity index (χ0v) is 22.9. The van der Waals surface area contributed by atoms with Crippen molar-refractivity contribution in [2.24, 2.45) is 5.10 Å². The van der Waals surface area contributed by atoms with Crippen LogP contribution < -0.4 is 20.4 Å². The summed E-state index contributed by atoms with van der Waals surface area (Å²) in [6, 6.07) is 20.2. The molecule has 8 nitrogen and oxygen atoms in total. The van der Waals surface area contributed by atoms with E-state index in [9.17, 15) is 9.59 Å². The summed E-state index contributed by atoms with van der Waals surface area (Å²) in [6.07, 6.45) is 4.98. The highest BCUT2D eigenvalue weighted by Crippen LogP contribution is 2.27. The maximum atomic E-state index is 13.3. The average Bonchev–Trinajstić information content (AvgIpc) is 2.98. The summed E-state index contributed by atoms with van der Waals surface area (Å²) in [4.78, 5) is 28.7. The molecule has 0 bridgehead atoms. The van der Waals surface area contributed by atoms with E-state index in [1.807, 2.05) is 54.6 Å². The van der Waals surface area contributed by atoms with Crippen molar-refractivity contribution in [3.05, 3.63) is 89.0 Å². The Balaban J connectivity index is 1.53. The van der Waals surface area contributed by atoms with Crippen molar-refractivity contribution < 1.29 is 19.4 Å². The van der Waals surface area contributed by atoms with Crippen LogP contribution in [0.5, 0.6) is 5.75 Å². The maximum absolute atomic E-state index is 13.3. The second-order valence-corrected chi connectivity index (χ2v) is 10.3. The lowest BCUT2D eigenvalue weighted by Crippen LogP contribution is -2.30. The molecule has 1 saturated heterocycles. The lowest BCUT2D eigenvalue weighted by atomic mass is 10.1. The van der Waals surface area contributed by atoms with Crippen LogP contribution in [0.15, 0.2) is 71.8 Å². The lowest BCUT2D eigenvalue weighted by Gasteiger charge is -2.29. The molecule has 1 aliphatic rings. The molecule has 2 amide bonds. The first kappa shape index (κ1) is 28.2. The standard InChI is InChI=1S/C30H34N4O4S/c1-38-26-11-8-22(9-12-26)20-31-33-30(37)27-19-25(34-14-3-2-4-15-34)10-13-28(27)32-29(36)24-7-5-6-23(18-24)21-39-17-16-35/h5-13,18-20,35H,2-4,14-17,21H2,1H3,(H,32,36)(H,33,37)/b31-20+. The van der Waals surface area contributed by atoms with E-state index in [2.05, 4.69) is 20.7 Å². The van der Waals surface area contributed by atoms with Gasteiger partial charge >= 0.3 is 0 Å². The van der Waals surface area contributed by atoms with Crippen LogP contribution >= 0.6 is 11.8 Å². The van der Waals surface area contributed by atoms with E-state index >= 15 is 0 Å². The van der Waals surface area contributed by atoms with E-state index in [-0.39, 0.29) is 12.5 Å². The zero-order valence-electron chi connectivity index (χ0n) is 22.1. The van der Waals surface area contributed by atoms with E-state index in [4.69, 9.17) is 9.84 Å². The van der Waals surface area contributed by atoms with Crippen LogP contribution in [0.3, 0.4) is 0 Å². The molecule has 3 N–H and O–H groups in total. The van der Waals surface area contributed by atoms with Gasteiger partial charge in [-0.25, -0.2) is 5.43 Å². The second kappa shape index (κ2) is 14.4. The molecule has 0 unspecified atom stereocenters. The molecule has 204 valence electrons. The number of hydrogen-bond acceptors (Lipinski definition) is 7. The molecule has 1 heterocycles. The van der Waals surface area contributed by atoms with Crippen LogP contribution in [0.4, 0.5) is 11.4 Å². The quantitative estimate of drug-likeness (QED) is 0.179. The third kappa shape index (κ3) is 8.08. The number of anilines is 2. The number of thioether (sulfide) groups is 1. The van der Waals surface area contributed by atoms with Crippen LogP contribution in [0.1, 0.15) is 51.1 Å². The van der Waals surface area contributed by atoms with E-state index < -0.39 is 5.91 Å². The van der Waals surface area contributed by atoms with Crippen molar-refractivity contribution in [1.29, 1.82) is 0 Å². The Morgan fingerprint density at radius 1 is 1.03 bits per heavy atom. The van der Waals surface area contributed by atoms with Gasteiger partial charge in [-0.15, -0.1) is 0 Å². The molecule has 3 aromatic rings. The summed E-state index contributed by atoms with van der Waals surface area (Å²) in [5.74, 6) is 1.36. The van der Waals surface area contributed by atoms with Crippen LogP contribution in [0, 0.1) is 0 Å². The zero-order chi connectivity index (χ0) is 27.5. The first-order chi connectivity index (χ1) is 19.1. The maximum Gasteiger partial charge on any atom is 0.273 e. The molecule has 1 aliphatic heterocycles. The number of hydrogen-bond donors (Lipinski definition) is 3. The molecule has 3 aromatic carbocycles. The van der Waals surface area contributed by atoms with Gasteiger partial charge in [0.05, 0.1) is 31.2 Å². The third-order valence-corrected chi connectivity index (χ3v) is 7.41. The first-order valence-corrected chi connectivity index (χ1v) is 14.2. The number of benzene rings is 3. The summed E-state index contributed by atoms with van der Waals surface area (Å²) >= 11 is 1.60. The fourth-order valence-electron chi connectivity index (χ4n) is 4.34. The third-order valence-electron chi connectivity index (χ3n) is 6.41. The second-order valence-electron chi connectivity index (χ2n) is 9.18. The molecule has 0 radical (unpaired) electrons. The van der Waals surface area contributed by atoms with E-state index in [0.29, 0.717) is 28.3 Å². The Bertz CT molecular complexity index is 1290. The number of piperidine rings is 1. The average molecular weight is 547 g/mol. The topological polar surface area (TPSA) is 103 Å². The van der Waals surface area contributed by atoms with Gasteiger partial charge in [-0.05, 0) is 85.0 Å². The number of ether oxygens (including phenoxy) is 1. The molecule has 1 fully saturated rings. The molecule has 0 aliphatic carbocycles. The predicted octanol–water partition coefficient (Wildman–Crippen LogP) is 4.93. The fraction of sp³-hybridized carbons (Fsp3) is 0.300. The van der Waals surface area contributed by atoms with Crippen molar-refractivity contribution in [2.45, 2.75) is 25.0 Å². The number of nitrogens with one attached hydrogen (secondary N) is 2. The lowest BCUT2D eigenvalue weighted by molar-refractivity contribution is 0.0956. The van der Waals surface area contributed by atoms with Crippen molar-refractivity contribution in [3.8, 4) is 5.75 Å². The molecule has 0 spiro atoms. The van der Waals surface area contributed by atoms with Gasteiger partial charge < -0.3 is 20.1 Å². The Morgan fingerprint density at radius 3 is 2.56 bits per heavy atom. The summed E-state index contributed by atoms with van der Waals surface area (Å²) in [6.45, 7) is 1.99. The van der Waals surface area contributed by atoms with Crippen LogP contribution in [0.2, 0.25) is 0 Å². The van der Waals surface area contributed by atoms with Gasteiger partial charge in [0.15, 0.2) is 0 Å². The Hall–Kier alpha value is -3.82. The van der Waals surface area contributed by atoms with Gasteiger partial charge in [0.2, 0.25) is 0 Å². The van der Waals surface area contributed by atoms with Crippen molar-refractivity contribution >= 4 is 41.2 Å².